The van der Waals surface area contributed by atoms with Crippen LogP contribution in [0.4, 0.5) is 0 Å². The van der Waals surface area contributed by atoms with Gasteiger partial charge in [-0.05, 0) is 85.8 Å². The van der Waals surface area contributed by atoms with E-state index in [2.05, 4.69) is 55.4 Å². The Labute approximate surface area is 374 Å². The molecule has 0 radical (unpaired) electrons. The third-order valence-electron chi connectivity index (χ3n) is 12.4. The molecule has 0 aliphatic carbocycles. The van der Waals surface area contributed by atoms with Crippen molar-refractivity contribution < 1.29 is 29.2 Å². The second-order valence-corrected chi connectivity index (χ2v) is 17.2. The van der Waals surface area contributed by atoms with Crippen LogP contribution in [0.25, 0.3) is 34.2 Å². The molecule has 4 rings (SSSR count). The van der Waals surface area contributed by atoms with Crippen molar-refractivity contribution in [1.29, 1.82) is 0 Å². The summed E-state index contributed by atoms with van der Waals surface area (Å²) in [4.78, 5) is 14.9. The predicted octanol–water partition coefficient (Wildman–Crippen LogP) is 14.7. The van der Waals surface area contributed by atoms with Crippen LogP contribution in [0.1, 0.15) is 158 Å². The van der Waals surface area contributed by atoms with Crippen LogP contribution in [-0.2, 0) is 0 Å². The number of rotatable bonds is 31. The van der Waals surface area contributed by atoms with Gasteiger partial charge in [-0.1, -0.05) is 132 Å². The average molecular weight is 854 g/mol. The fraction of sp³-hybridized carbons (Fsp3) is 0.604. The molecule has 0 aliphatic heterocycles. The highest BCUT2D eigenvalue weighted by Crippen LogP contribution is 2.39. The van der Waals surface area contributed by atoms with Gasteiger partial charge in [-0.15, -0.1) is 0 Å². The zero-order chi connectivity index (χ0) is 44.7. The Hall–Kier alpha value is -4.53. The van der Waals surface area contributed by atoms with Crippen LogP contribution < -0.4 is 18.9 Å². The summed E-state index contributed by atoms with van der Waals surface area (Å²) < 4.78 is 25.5. The highest BCUT2D eigenvalue weighted by atomic mass is 16.5. The number of hydrogen-bond acceptors (Lipinski definition) is 9. The summed E-state index contributed by atoms with van der Waals surface area (Å²) in [5.41, 5.74) is 1.51. The van der Waals surface area contributed by atoms with Gasteiger partial charge in [0.05, 0.1) is 43.1 Å². The summed E-state index contributed by atoms with van der Waals surface area (Å²) >= 11 is 0. The van der Waals surface area contributed by atoms with Crippen molar-refractivity contribution in [3.05, 3.63) is 54.6 Å². The molecule has 0 amide bonds. The van der Waals surface area contributed by atoms with Gasteiger partial charge in [-0.25, -0.2) is 15.0 Å². The molecule has 342 valence electrons. The van der Waals surface area contributed by atoms with Crippen LogP contribution in [0.2, 0.25) is 0 Å². The molecule has 1 heterocycles. The predicted molar refractivity (Wildman–Crippen MR) is 255 cm³/mol. The normalized spacial score (nSPS) is 13.4. The zero-order valence-corrected chi connectivity index (χ0v) is 39.5. The second-order valence-electron chi connectivity index (χ2n) is 17.2. The van der Waals surface area contributed by atoms with E-state index in [4.69, 9.17) is 33.9 Å². The summed E-state index contributed by atoms with van der Waals surface area (Å²) in [6.45, 7) is 20.0. The Morgan fingerprint density at radius 2 is 0.710 bits per heavy atom. The molecule has 0 saturated heterocycles. The maximum absolute atomic E-state index is 11.5. The standard InChI is InChI=1S/C53H79N3O6/c1-9-17-21-38(13-5)34-59-42-25-28-45(48(57)31-42)51-54-52(46-29-26-43(32-49(46)58)60-35-39(14-6)22-18-10-2)56-53(55-51)47-30-27-44(61-36-40(15-7)23-19-11-3)33-50(47)62-37-41(16-8)24-20-12-4/h25-33,38-41,57-58H,9-24,34-37H2,1-8H3. The smallest absolute Gasteiger partial charge is 0.167 e. The van der Waals surface area contributed by atoms with E-state index in [0.29, 0.717) is 89.9 Å². The summed E-state index contributed by atoms with van der Waals surface area (Å²) in [6.07, 6.45) is 17.8. The maximum atomic E-state index is 11.5. The number of phenolic OH excluding ortho intramolecular Hbond substituents is 2. The fourth-order valence-corrected chi connectivity index (χ4v) is 7.66. The molecule has 0 aliphatic rings. The average Bonchev–Trinajstić information content (AvgIpc) is 3.29. The molecule has 4 atom stereocenters. The van der Waals surface area contributed by atoms with Crippen molar-refractivity contribution in [1.82, 2.24) is 15.0 Å². The van der Waals surface area contributed by atoms with E-state index in [9.17, 15) is 10.2 Å². The molecular weight excluding hydrogens is 775 g/mol. The highest BCUT2D eigenvalue weighted by Gasteiger charge is 2.22. The molecule has 0 spiro atoms. The molecular formula is C53H79N3O6. The van der Waals surface area contributed by atoms with E-state index in [1.54, 1.807) is 24.3 Å². The molecule has 4 aromatic rings. The van der Waals surface area contributed by atoms with E-state index in [0.717, 1.165) is 89.2 Å². The van der Waals surface area contributed by atoms with Crippen molar-refractivity contribution >= 4 is 0 Å². The lowest BCUT2D eigenvalue weighted by molar-refractivity contribution is 0.223. The number of benzene rings is 3. The maximum Gasteiger partial charge on any atom is 0.167 e. The van der Waals surface area contributed by atoms with E-state index < -0.39 is 0 Å². The van der Waals surface area contributed by atoms with Gasteiger partial charge in [-0.2, -0.15) is 0 Å². The molecule has 0 bridgehead atoms. The second kappa shape index (κ2) is 27.5. The lowest BCUT2D eigenvalue weighted by Crippen LogP contribution is -2.13. The number of hydrogen-bond donors (Lipinski definition) is 2. The van der Waals surface area contributed by atoms with Gasteiger partial charge in [0.2, 0.25) is 0 Å². The Morgan fingerprint density at radius 1 is 0.403 bits per heavy atom. The largest absolute Gasteiger partial charge is 0.507 e. The minimum atomic E-state index is -0.00999. The first kappa shape index (κ1) is 50.1. The van der Waals surface area contributed by atoms with Crippen LogP contribution >= 0.6 is 0 Å². The summed E-state index contributed by atoms with van der Waals surface area (Å²) in [5.74, 6) is 5.14. The summed E-state index contributed by atoms with van der Waals surface area (Å²) in [5, 5.41) is 23.1. The third kappa shape index (κ3) is 15.7. The minimum Gasteiger partial charge on any atom is -0.507 e. The lowest BCUT2D eigenvalue weighted by Gasteiger charge is -2.20. The number of nitrogens with zero attached hydrogens (tertiary/aromatic N) is 3. The van der Waals surface area contributed by atoms with Crippen LogP contribution in [0.15, 0.2) is 54.6 Å². The van der Waals surface area contributed by atoms with Crippen molar-refractivity contribution in [2.45, 2.75) is 158 Å². The van der Waals surface area contributed by atoms with Gasteiger partial charge in [0, 0.05) is 18.2 Å². The van der Waals surface area contributed by atoms with Crippen LogP contribution in [0.3, 0.4) is 0 Å². The van der Waals surface area contributed by atoms with Gasteiger partial charge in [0.15, 0.2) is 17.5 Å². The van der Waals surface area contributed by atoms with E-state index >= 15 is 0 Å². The van der Waals surface area contributed by atoms with Gasteiger partial charge in [-0.3, -0.25) is 0 Å². The topological polar surface area (TPSA) is 116 Å². The zero-order valence-electron chi connectivity index (χ0n) is 39.5. The summed E-state index contributed by atoms with van der Waals surface area (Å²) in [6, 6.07) is 16.4. The van der Waals surface area contributed by atoms with Gasteiger partial charge in [0.25, 0.3) is 0 Å². The van der Waals surface area contributed by atoms with Crippen LogP contribution in [-0.4, -0.2) is 51.6 Å². The first-order valence-corrected chi connectivity index (χ1v) is 24.3. The molecule has 2 N–H and O–H groups in total. The molecule has 0 fully saturated rings. The Morgan fingerprint density at radius 3 is 1.03 bits per heavy atom. The van der Waals surface area contributed by atoms with Crippen LogP contribution in [0.5, 0.6) is 34.5 Å². The molecule has 62 heavy (non-hydrogen) atoms. The molecule has 9 nitrogen and oxygen atoms in total. The Balaban J connectivity index is 1.79. The number of phenols is 2. The Kier molecular flexibility index (Phi) is 22.2. The monoisotopic (exact) mass is 854 g/mol. The van der Waals surface area contributed by atoms with E-state index in [1.165, 1.54) is 19.3 Å². The van der Waals surface area contributed by atoms with Crippen molar-refractivity contribution in [2.75, 3.05) is 26.4 Å². The van der Waals surface area contributed by atoms with E-state index in [-0.39, 0.29) is 23.1 Å². The Bertz CT molecular complexity index is 1800. The first-order chi connectivity index (χ1) is 30.2. The number of aromatic hydroxyl groups is 2. The lowest BCUT2D eigenvalue weighted by atomic mass is 10.0. The molecule has 4 unspecified atom stereocenters. The van der Waals surface area contributed by atoms with Crippen molar-refractivity contribution in [3.63, 3.8) is 0 Å². The molecule has 0 saturated carbocycles. The van der Waals surface area contributed by atoms with Gasteiger partial charge < -0.3 is 29.2 Å². The van der Waals surface area contributed by atoms with Crippen LogP contribution in [0, 0.1) is 23.7 Å². The minimum absolute atomic E-state index is 0.00999. The molecule has 9 heteroatoms. The SMILES string of the molecule is CCCCC(CC)COc1ccc(-c2nc(-c3ccc(OCC(CC)CCCC)cc3O)nc(-c3ccc(OCC(CC)CCCC)cc3OCC(CC)CCCC)n2)c(O)c1. The fourth-order valence-electron chi connectivity index (χ4n) is 7.66. The van der Waals surface area contributed by atoms with Crippen molar-refractivity contribution in [3.8, 4) is 68.7 Å². The number of aromatic nitrogens is 3. The van der Waals surface area contributed by atoms with Gasteiger partial charge >= 0.3 is 0 Å². The molecule has 1 aromatic heterocycles. The van der Waals surface area contributed by atoms with Crippen molar-refractivity contribution in [2.24, 2.45) is 23.7 Å². The summed E-state index contributed by atoms with van der Waals surface area (Å²) in [7, 11) is 0. The third-order valence-corrected chi connectivity index (χ3v) is 12.4. The van der Waals surface area contributed by atoms with E-state index in [1.807, 2.05) is 30.3 Å². The van der Waals surface area contributed by atoms with Gasteiger partial charge in [0.1, 0.15) is 34.5 Å². The number of unbranched alkanes of at least 4 members (excludes halogenated alkanes) is 4. The highest BCUT2D eigenvalue weighted by molar-refractivity contribution is 5.74. The molecule has 3 aromatic carbocycles. The number of ether oxygens (including phenoxy) is 4. The quantitative estimate of drug-likeness (QED) is 0.0510. The first-order valence-electron chi connectivity index (χ1n) is 24.3.